The molecule has 2 rings (SSSR count). The van der Waals surface area contributed by atoms with Gasteiger partial charge in [0.1, 0.15) is 18.8 Å². The Bertz CT molecular complexity index is 853. The third kappa shape index (κ3) is 6.32. The Kier molecular flexibility index (Phi) is 7.81. The van der Waals surface area contributed by atoms with Gasteiger partial charge in [0.05, 0.1) is 0 Å². The summed E-state index contributed by atoms with van der Waals surface area (Å²) in [5, 5.41) is 0. The number of allylic oxidation sites excluding steroid dienone is 3. The molecule has 2 aliphatic rings. The van der Waals surface area contributed by atoms with E-state index in [2.05, 4.69) is 0 Å². The summed E-state index contributed by atoms with van der Waals surface area (Å²) in [6.07, 6.45) is -3.70. The van der Waals surface area contributed by atoms with Crippen LogP contribution in [0.25, 0.3) is 0 Å². The van der Waals surface area contributed by atoms with E-state index in [9.17, 15) is 28.8 Å². The van der Waals surface area contributed by atoms with E-state index in [0.29, 0.717) is 0 Å². The minimum atomic E-state index is -1.44. The molecule has 0 unspecified atom stereocenters. The third-order valence-corrected chi connectivity index (χ3v) is 4.28. The van der Waals surface area contributed by atoms with Crippen molar-refractivity contribution in [2.45, 2.75) is 58.2 Å². The van der Waals surface area contributed by atoms with Crippen LogP contribution in [0.1, 0.15) is 27.7 Å². The van der Waals surface area contributed by atoms with Crippen LogP contribution in [-0.2, 0) is 52.5 Å². The van der Waals surface area contributed by atoms with Crippen molar-refractivity contribution in [2.24, 2.45) is 0 Å². The highest BCUT2D eigenvalue weighted by Crippen LogP contribution is 2.33. The first kappa shape index (κ1) is 23.9. The van der Waals surface area contributed by atoms with E-state index >= 15 is 0 Å². The minimum Gasteiger partial charge on any atom is -0.463 e. The fourth-order valence-corrected chi connectivity index (χ4v) is 3.23. The monoisotopic (exact) mass is 438 g/mol. The van der Waals surface area contributed by atoms with Gasteiger partial charge in [0.25, 0.3) is 0 Å². The average molecular weight is 438 g/mol. The van der Waals surface area contributed by atoms with Gasteiger partial charge in [0.2, 0.25) is 0 Å². The summed E-state index contributed by atoms with van der Waals surface area (Å²) in [6, 6.07) is 0. The van der Waals surface area contributed by atoms with E-state index in [1.54, 1.807) is 0 Å². The average Bonchev–Trinajstić information content (AvgIpc) is 2.64. The smallest absolute Gasteiger partial charge is 0.303 e. The summed E-state index contributed by atoms with van der Waals surface area (Å²) in [6.45, 7) is 3.97. The molecule has 1 aliphatic carbocycles. The molecule has 168 valence electrons. The van der Waals surface area contributed by atoms with Gasteiger partial charge in [0, 0.05) is 33.3 Å². The Labute approximate surface area is 177 Å². The van der Waals surface area contributed by atoms with Crippen molar-refractivity contribution in [3.63, 3.8) is 0 Å². The molecule has 0 N–H and O–H groups in total. The van der Waals surface area contributed by atoms with Crippen molar-refractivity contribution in [3.8, 4) is 0 Å². The van der Waals surface area contributed by atoms with Crippen LogP contribution in [0.2, 0.25) is 0 Å². The molecule has 1 fully saturated rings. The van der Waals surface area contributed by atoms with Crippen molar-refractivity contribution in [1.82, 2.24) is 0 Å². The molecule has 1 heterocycles. The molecule has 11 nitrogen and oxygen atoms in total. The Balaban J connectivity index is 2.55. The summed E-state index contributed by atoms with van der Waals surface area (Å²) >= 11 is 0. The molecule has 0 bridgehead atoms. The molecule has 0 aromatic heterocycles. The first-order valence-corrected chi connectivity index (χ1v) is 9.28. The summed E-state index contributed by atoms with van der Waals surface area (Å²) in [5.41, 5.74) is -0.162. The van der Waals surface area contributed by atoms with E-state index in [0.717, 1.165) is 45.9 Å². The molecule has 11 heteroatoms. The maximum atomic E-state index is 12.4. The molecule has 1 aliphatic heterocycles. The molecule has 0 saturated carbocycles. The van der Waals surface area contributed by atoms with Crippen LogP contribution in [0.3, 0.4) is 0 Å². The van der Waals surface area contributed by atoms with Crippen LogP contribution in [0.4, 0.5) is 0 Å². The molecule has 1 saturated heterocycles. The number of hydrogen-bond donors (Lipinski definition) is 0. The van der Waals surface area contributed by atoms with Crippen molar-refractivity contribution in [2.75, 3.05) is 6.61 Å². The molecule has 5 atom stereocenters. The number of rotatable bonds is 6. The largest absolute Gasteiger partial charge is 0.463 e. The van der Waals surface area contributed by atoms with Gasteiger partial charge in [0.15, 0.2) is 29.9 Å². The second kappa shape index (κ2) is 10.1. The third-order valence-electron chi connectivity index (χ3n) is 4.28. The topological polar surface area (TPSA) is 149 Å². The number of hydrogen-bond acceptors (Lipinski definition) is 11. The van der Waals surface area contributed by atoms with Crippen LogP contribution in [0.5, 0.6) is 0 Å². The van der Waals surface area contributed by atoms with Crippen molar-refractivity contribution in [1.29, 1.82) is 0 Å². The van der Waals surface area contributed by atoms with Gasteiger partial charge in [-0.3, -0.25) is 28.8 Å². The van der Waals surface area contributed by atoms with E-state index in [4.69, 9.17) is 23.7 Å². The predicted molar refractivity (Wildman–Crippen MR) is 99.2 cm³/mol. The van der Waals surface area contributed by atoms with E-state index < -0.39 is 72.6 Å². The van der Waals surface area contributed by atoms with E-state index in [1.807, 2.05) is 0 Å². The van der Waals surface area contributed by atoms with Crippen molar-refractivity contribution in [3.05, 3.63) is 23.8 Å². The molecule has 0 radical (unpaired) electrons. The van der Waals surface area contributed by atoms with Gasteiger partial charge in [-0.1, -0.05) is 0 Å². The van der Waals surface area contributed by atoms with Crippen molar-refractivity contribution < 1.29 is 52.5 Å². The standard InChI is InChI=1S/C20H22O11/c1-9(21)27-8-16-18(28-10(2)22)20(30-12(4)24)19(29-11(3)23)17(31-16)14-7-13(25)5-6-15(14)26/h5-7,16-20H,8H2,1-4H3/t16-,17-,18+,19+,20+/m1/s1. The lowest BCUT2D eigenvalue weighted by atomic mass is 9.87. The lowest BCUT2D eigenvalue weighted by Crippen LogP contribution is -2.63. The molecule has 0 aromatic carbocycles. The maximum absolute atomic E-state index is 12.4. The van der Waals surface area contributed by atoms with Crippen LogP contribution in [0, 0.1) is 0 Å². The summed E-state index contributed by atoms with van der Waals surface area (Å²) in [7, 11) is 0. The first-order chi connectivity index (χ1) is 14.5. The summed E-state index contributed by atoms with van der Waals surface area (Å²) in [5.74, 6) is -4.15. The van der Waals surface area contributed by atoms with Gasteiger partial charge < -0.3 is 23.7 Å². The molecule has 31 heavy (non-hydrogen) atoms. The fraction of sp³-hybridized carbons (Fsp3) is 0.500. The summed E-state index contributed by atoms with van der Waals surface area (Å²) in [4.78, 5) is 70.8. The van der Waals surface area contributed by atoms with Crippen LogP contribution in [0.15, 0.2) is 23.8 Å². The molecule has 0 spiro atoms. The molecular formula is C20H22O11. The van der Waals surface area contributed by atoms with Gasteiger partial charge >= 0.3 is 23.9 Å². The zero-order chi connectivity index (χ0) is 23.3. The SMILES string of the molecule is CC(=O)OC[C@H]1O[C@H](C2=CC(=O)C=CC2=O)[C@H](OC(C)=O)[C@@H](OC(C)=O)[C@H]1OC(C)=O. The summed E-state index contributed by atoms with van der Waals surface area (Å²) < 4.78 is 26.6. The van der Waals surface area contributed by atoms with Crippen LogP contribution in [-0.4, -0.2) is 72.6 Å². The normalized spacial score (nSPS) is 27.7. The number of ether oxygens (including phenoxy) is 5. The minimum absolute atomic E-state index is 0.162. The zero-order valence-corrected chi connectivity index (χ0v) is 17.3. The quantitative estimate of drug-likeness (QED) is 0.307. The number of esters is 4. The highest BCUT2D eigenvalue weighted by atomic mass is 16.7. The first-order valence-electron chi connectivity index (χ1n) is 9.28. The highest BCUT2D eigenvalue weighted by molar-refractivity contribution is 6.17. The lowest BCUT2D eigenvalue weighted by molar-refractivity contribution is -0.246. The lowest BCUT2D eigenvalue weighted by Gasteiger charge is -2.44. The molecule has 0 aromatic rings. The second-order valence-corrected chi connectivity index (χ2v) is 6.82. The highest BCUT2D eigenvalue weighted by Gasteiger charge is 2.53. The number of ketones is 2. The van der Waals surface area contributed by atoms with Gasteiger partial charge in [-0.05, 0) is 18.2 Å². The molecule has 0 amide bonds. The van der Waals surface area contributed by atoms with Crippen LogP contribution < -0.4 is 0 Å². The zero-order valence-electron chi connectivity index (χ0n) is 17.3. The Morgan fingerprint density at radius 2 is 1.35 bits per heavy atom. The Morgan fingerprint density at radius 3 is 1.90 bits per heavy atom. The fourth-order valence-electron chi connectivity index (χ4n) is 3.23. The Hall–Kier alpha value is -3.34. The number of carbonyl (C=O) groups is 6. The Morgan fingerprint density at radius 1 is 0.806 bits per heavy atom. The van der Waals surface area contributed by atoms with Gasteiger partial charge in [-0.2, -0.15) is 0 Å². The second-order valence-electron chi connectivity index (χ2n) is 6.82. The maximum Gasteiger partial charge on any atom is 0.303 e. The van der Waals surface area contributed by atoms with Gasteiger partial charge in [-0.15, -0.1) is 0 Å². The van der Waals surface area contributed by atoms with Gasteiger partial charge in [-0.25, -0.2) is 0 Å². The van der Waals surface area contributed by atoms with Crippen LogP contribution >= 0.6 is 0 Å². The predicted octanol–water partition coefficient (Wildman–Crippen LogP) is -0.254. The molecular weight excluding hydrogens is 416 g/mol. The van der Waals surface area contributed by atoms with E-state index in [1.165, 1.54) is 0 Å². The van der Waals surface area contributed by atoms with Crippen molar-refractivity contribution >= 4 is 35.4 Å². The number of carbonyl (C=O) groups excluding carboxylic acids is 6. The van der Waals surface area contributed by atoms with E-state index in [-0.39, 0.29) is 5.57 Å².